The number of terminal acetylenes is 1. The predicted molar refractivity (Wildman–Crippen MR) is 72.6 cm³/mol. The van der Waals surface area contributed by atoms with Gasteiger partial charge in [-0.15, -0.1) is 12.3 Å². The molecule has 0 aromatic heterocycles. The van der Waals surface area contributed by atoms with E-state index in [1.165, 1.54) is 6.42 Å². The number of urea groups is 1. The van der Waals surface area contributed by atoms with Gasteiger partial charge in [0, 0.05) is 12.5 Å². The van der Waals surface area contributed by atoms with Crippen LogP contribution < -0.4 is 10.6 Å². The predicted octanol–water partition coefficient (Wildman–Crippen LogP) is 1.73. The largest absolute Gasteiger partial charge is 0.480 e. The second-order valence-electron chi connectivity index (χ2n) is 5.23. The van der Waals surface area contributed by atoms with Crippen LogP contribution in [-0.4, -0.2) is 29.2 Å². The lowest BCUT2D eigenvalue weighted by molar-refractivity contribution is -0.139. The lowest BCUT2D eigenvalue weighted by Crippen LogP contribution is -2.48. The molecular weight excluding hydrogens is 244 g/mol. The van der Waals surface area contributed by atoms with E-state index >= 15 is 0 Å². The van der Waals surface area contributed by atoms with Gasteiger partial charge in [-0.05, 0) is 25.2 Å². The van der Waals surface area contributed by atoms with Crippen LogP contribution in [0.2, 0.25) is 0 Å². The average molecular weight is 266 g/mol. The number of carboxylic acids is 1. The Hall–Kier alpha value is -1.70. The highest BCUT2D eigenvalue weighted by Gasteiger charge is 2.22. The monoisotopic (exact) mass is 266 g/mol. The maximum Gasteiger partial charge on any atom is 0.327 e. The van der Waals surface area contributed by atoms with Crippen LogP contribution in [0, 0.1) is 18.3 Å². The fourth-order valence-electron chi connectivity index (χ4n) is 2.33. The van der Waals surface area contributed by atoms with Crippen LogP contribution in [0.25, 0.3) is 0 Å². The normalized spacial score (nSPS) is 24.6. The van der Waals surface area contributed by atoms with E-state index < -0.39 is 18.0 Å². The van der Waals surface area contributed by atoms with Gasteiger partial charge in [0.25, 0.3) is 0 Å². The molecule has 3 unspecified atom stereocenters. The second-order valence-corrected chi connectivity index (χ2v) is 5.23. The number of carbonyl (C=O) groups is 2. The molecule has 0 aromatic rings. The van der Waals surface area contributed by atoms with Gasteiger partial charge in [-0.1, -0.05) is 19.8 Å². The third-order valence-corrected chi connectivity index (χ3v) is 3.52. The molecule has 2 amide bonds. The zero-order valence-electron chi connectivity index (χ0n) is 11.3. The molecule has 0 spiro atoms. The molecule has 5 nitrogen and oxygen atoms in total. The summed E-state index contributed by atoms with van der Waals surface area (Å²) in [4.78, 5) is 22.6. The molecule has 1 fully saturated rings. The van der Waals surface area contributed by atoms with Crippen LogP contribution in [0.1, 0.15) is 45.4 Å². The van der Waals surface area contributed by atoms with Crippen LogP contribution in [0.15, 0.2) is 0 Å². The zero-order valence-corrected chi connectivity index (χ0v) is 11.3. The summed E-state index contributed by atoms with van der Waals surface area (Å²) in [6, 6.07) is -1.33. The first-order valence-electron chi connectivity index (χ1n) is 6.76. The minimum Gasteiger partial charge on any atom is -0.480 e. The molecule has 0 saturated heterocycles. The first-order chi connectivity index (χ1) is 9.02. The second kappa shape index (κ2) is 7.67. The van der Waals surface area contributed by atoms with Crippen LogP contribution in [-0.2, 0) is 4.79 Å². The number of hydrogen-bond donors (Lipinski definition) is 3. The SMILES string of the molecule is C#CCC(NC(=O)NC1CCCC(C)CC1)C(=O)O. The molecule has 0 bridgehead atoms. The van der Waals surface area contributed by atoms with Gasteiger partial charge in [-0.25, -0.2) is 9.59 Å². The van der Waals surface area contributed by atoms with Crippen molar-refractivity contribution < 1.29 is 14.7 Å². The van der Waals surface area contributed by atoms with Crippen molar-refractivity contribution in [2.75, 3.05) is 0 Å². The highest BCUT2D eigenvalue weighted by atomic mass is 16.4. The van der Waals surface area contributed by atoms with Crippen molar-refractivity contribution in [2.24, 2.45) is 5.92 Å². The topological polar surface area (TPSA) is 78.4 Å². The van der Waals surface area contributed by atoms with Crippen molar-refractivity contribution in [3.8, 4) is 12.3 Å². The lowest BCUT2D eigenvalue weighted by Gasteiger charge is -2.19. The summed E-state index contributed by atoms with van der Waals surface area (Å²) in [7, 11) is 0. The Bertz CT molecular complexity index is 362. The molecule has 0 aromatic carbocycles. The molecule has 3 atom stereocenters. The summed E-state index contributed by atoms with van der Waals surface area (Å²) in [5.41, 5.74) is 0. The minimum atomic E-state index is -1.11. The Labute approximate surface area is 114 Å². The van der Waals surface area contributed by atoms with E-state index in [2.05, 4.69) is 23.5 Å². The number of hydrogen-bond acceptors (Lipinski definition) is 2. The summed E-state index contributed by atoms with van der Waals surface area (Å²) in [5, 5.41) is 14.1. The molecule has 1 saturated carbocycles. The van der Waals surface area contributed by atoms with Crippen LogP contribution in [0.5, 0.6) is 0 Å². The molecule has 3 N–H and O–H groups in total. The summed E-state index contributed by atoms with van der Waals surface area (Å²) in [6.07, 6.45) is 10.3. The van der Waals surface area contributed by atoms with E-state index in [1.807, 2.05) is 0 Å². The third-order valence-electron chi connectivity index (χ3n) is 3.52. The Kier molecular flexibility index (Phi) is 6.20. The average Bonchev–Trinajstić information content (AvgIpc) is 2.54. The molecule has 106 valence electrons. The van der Waals surface area contributed by atoms with Crippen molar-refractivity contribution in [1.82, 2.24) is 10.6 Å². The lowest BCUT2D eigenvalue weighted by atomic mass is 10.0. The van der Waals surface area contributed by atoms with Crippen LogP contribution in [0.4, 0.5) is 4.79 Å². The standard InChI is InChI=1S/C14H22N2O3/c1-3-5-12(13(17)18)16-14(19)15-11-7-4-6-10(2)8-9-11/h1,10-12H,4-9H2,2H3,(H,17,18)(H2,15,16,19). The first kappa shape index (κ1) is 15.4. The minimum absolute atomic E-state index is 0.00947. The Balaban J connectivity index is 2.41. The van der Waals surface area contributed by atoms with Gasteiger partial charge in [-0.3, -0.25) is 0 Å². The first-order valence-corrected chi connectivity index (χ1v) is 6.76. The van der Waals surface area contributed by atoms with E-state index in [0.717, 1.165) is 25.7 Å². The number of rotatable bonds is 4. The van der Waals surface area contributed by atoms with E-state index in [4.69, 9.17) is 11.5 Å². The number of aliphatic carboxylic acids is 1. The van der Waals surface area contributed by atoms with E-state index in [0.29, 0.717) is 5.92 Å². The molecule has 0 aliphatic heterocycles. The summed E-state index contributed by atoms with van der Waals surface area (Å²) >= 11 is 0. The van der Waals surface area contributed by atoms with Crippen molar-refractivity contribution in [1.29, 1.82) is 0 Å². The van der Waals surface area contributed by atoms with Crippen LogP contribution in [0.3, 0.4) is 0 Å². The summed E-state index contributed by atoms with van der Waals surface area (Å²) < 4.78 is 0. The van der Waals surface area contributed by atoms with Crippen LogP contribution >= 0.6 is 0 Å². The highest BCUT2D eigenvalue weighted by molar-refractivity contribution is 5.82. The molecular formula is C14H22N2O3. The molecule has 1 rings (SSSR count). The van der Waals surface area contributed by atoms with Crippen molar-refractivity contribution in [3.63, 3.8) is 0 Å². The van der Waals surface area contributed by atoms with E-state index in [-0.39, 0.29) is 12.5 Å². The van der Waals surface area contributed by atoms with Gasteiger partial charge in [-0.2, -0.15) is 0 Å². The Morgan fingerprint density at radius 3 is 2.74 bits per heavy atom. The smallest absolute Gasteiger partial charge is 0.327 e. The Morgan fingerprint density at radius 1 is 1.37 bits per heavy atom. The van der Waals surface area contributed by atoms with Gasteiger partial charge in [0.05, 0.1) is 0 Å². The summed E-state index contributed by atoms with van der Waals surface area (Å²) in [5.74, 6) is 1.84. The fraction of sp³-hybridized carbons (Fsp3) is 0.714. The number of carboxylic acid groups (broad SMARTS) is 1. The number of amides is 2. The maximum absolute atomic E-state index is 11.7. The molecule has 19 heavy (non-hydrogen) atoms. The van der Waals surface area contributed by atoms with Gasteiger partial charge < -0.3 is 15.7 Å². The molecule has 1 aliphatic rings. The van der Waals surface area contributed by atoms with Crippen molar-refractivity contribution in [2.45, 2.75) is 57.5 Å². The molecule has 1 aliphatic carbocycles. The Morgan fingerprint density at radius 2 is 2.11 bits per heavy atom. The van der Waals surface area contributed by atoms with E-state index in [1.54, 1.807) is 0 Å². The van der Waals surface area contributed by atoms with E-state index in [9.17, 15) is 9.59 Å². The van der Waals surface area contributed by atoms with Crippen molar-refractivity contribution in [3.05, 3.63) is 0 Å². The maximum atomic E-state index is 11.7. The van der Waals surface area contributed by atoms with Gasteiger partial charge in [0.1, 0.15) is 6.04 Å². The van der Waals surface area contributed by atoms with Gasteiger partial charge in [0.2, 0.25) is 0 Å². The third kappa shape index (κ3) is 5.64. The highest BCUT2D eigenvalue weighted by Crippen LogP contribution is 2.22. The van der Waals surface area contributed by atoms with Gasteiger partial charge >= 0.3 is 12.0 Å². The quantitative estimate of drug-likeness (QED) is 0.535. The molecule has 0 radical (unpaired) electrons. The number of nitrogens with one attached hydrogen (secondary N) is 2. The zero-order chi connectivity index (χ0) is 14.3. The fourth-order valence-corrected chi connectivity index (χ4v) is 2.33. The summed E-state index contributed by atoms with van der Waals surface area (Å²) in [6.45, 7) is 2.22. The molecule has 0 heterocycles. The number of carbonyl (C=O) groups excluding carboxylic acids is 1. The van der Waals surface area contributed by atoms with Crippen molar-refractivity contribution >= 4 is 12.0 Å². The van der Waals surface area contributed by atoms with Gasteiger partial charge in [0.15, 0.2) is 0 Å². The molecule has 5 heteroatoms.